The van der Waals surface area contributed by atoms with Crippen molar-refractivity contribution in [1.82, 2.24) is 5.32 Å². The Morgan fingerprint density at radius 2 is 1.56 bits per heavy atom. The number of hydrogen-bond acceptors (Lipinski definition) is 3. The minimum Gasteiger partial charge on any atom is -0.348 e. The molecular weight excluding hydrogens is 427 g/mol. The van der Waals surface area contributed by atoms with Crippen molar-refractivity contribution < 1.29 is 17.6 Å². The van der Waals surface area contributed by atoms with Crippen LogP contribution in [0.5, 0.6) is 0 Å². The molecule has 0 aliphatic carbocycles. The van der Waals surface area contributed by atoms with Crippen molar-refractivity contribution in [2.24, 2.45) is 0 Å². The molecule has 3 aromatic rings. The molecule has 168 valence electrons. The highest BCUT2D eigenvalue weighted by Crippen LogP contribution is 2.24. The van der Waals surface area contributed by atoms with Crippen LogP contribution in [0.4, 0.5) is 10.1 Å². The third-order valence-corrected chi connectivity index (χ3v) is 7.06. The normalized spacial score (nSPS) is 12.2. The van der Waals surface area contributed by atoms with Gasteiger partial charge < -0.3 is 5.32 Å². The fourth-order valence-corrected chi connectivity index (χ4v) is 4.72. The van der Waals surface area contributed by atoms with E-state index in [1.54, 1.807) is 12.1 Å². The molecule has 0 radical (unpaired) electrons. The van der Waals surface area contributed by atoms with Crippen LogP contribution >= 0.6 is 0 Å². The van der Waals surface area contributed by atoms with Crippen LogP contribution in [0, 0.1) is 12.7 Å². The maximum atomic E-state index is 13.4. The SMILES string of the molecule is CCc1ccc(C(C)NC(=O)CN(c2ccc(F)cc2)S(=O)(=O)c2ccc(C)cc2)cc1. The number of benzene rings is 3. The number of carbonyl (C=O) groups is 1. The van der Waals surface area contributed by atoms with Crippen LogP contribution in [-0.4, -0.2) is 20.9 Å². The predicted molar refractivity (Wildman–Crippen MR) is 124 cm³/mol. The summed E-state index contributed by atoms with van der Waals surface area (Å²) >= 11 is 0. The largest absolute Gasteiger partial charge is 0.348 e. The van der Waals surface area contributed by atoms with Crippen molar-refractivity contribution in [2.45, 2.75) is 38.1 Å². The lowest BCUT2D eigenvalue weighted by Gasteiger charge is -2.25. The zero-order chi connectivity index (χ0) is 23.3. The quantitative estimate of drug-likeness (QED) is 0.533. The van der Waals surface area contributed by atoms with Gasteiger partial charge in [0.05, 0.1) is 16.6 Å². The first-order chi connectivity index (χ1) is 15.2. The molecule has 0 bridgehead atoms. The third-order valence-electron chi connectivity index (χ3n) is 5.28. The lowest BCUT2D eigenvalue weighted by Crippen LogP contribution is -2.41. The Morgan fingerprint density at radius 1 is 0.969 bits per heavy atom. The summed E-state index contributed by atoms with van der Waals surface area (Å²) in [7, 11) is -4.04. The number of nitrogens with one attached hydrogen (secondary N) is 1. The van der Waals surface area contributed by atoms with Crippen molar-refractivity contribution in [3.8, 4) is 0 Å². The maximum absolute atomic E-state index is 13.4. The molecule has 3 rings (SSSR count). The summed E-state index contributed by atoms with van der Waals surface area (Å²) in [5.41, 5.74) is 3.24. The molecule has 1 atom stereocenters. The Hall–Kier alpha value is -3.19. The highest BCUT2D eigenvalue weighted by Gasteiger charge is 2.27. The Bertz CT molecular complexity index is 1160. The smallest absolute Gasteiger partial charge is 0.264 e. The number of halogens is 1. The molecule has 0 heterocycles. The first-order valence-corrected chi connectivity index (χ1v) is 11.9. The van der Waals surface area contributed by atoms with Crippen LogP contribution in [-0.2, 0) is 21.2 Å². The fraction of sp³-hybridized carbons (Fsp3) is 0.240. The molecule has 1 N–H and O–H groups in total. The molecule has 0 aliphatic rings. The molecule has 1 amide bonds. The fourth-order valence-electron chi connectivity index (χ4n) is 3.30. The molecule has 7 heteroatoms. The second-order valence-electron chi connectivity index (χ2n) is 7.69. The average Bonchev–Trinajstić information content (AvgIpc) is 2.78. The van der Waals surface area contributed by atoms with E-state index in [2.05, 4.69) is 12.2 Å². The van der Waals surface area contributed by atoms with Crippen molar-refractivity contribution in [2.75, 3.05) is 10.8 Å². The van der Waals surface area contributed by atoms with Gasteiger partial charge in [-0.05, 0) is 67.8 Å². The zero-order valence-electron chi connectivity index (χ0n) is 18.4. The molecule has 0 saturated heterocycles. The van der Waals surface area contributed by atoms with E-state index < -0.39 is 28.3 Å². The molecule has 0 fully saturated rings. The van der Waals surface area contributed by atoms with Crippen LogP contribution in [0.2, 0.25) is 0 Å². The van der Waals surface area contributed by atoms with E-state index in [4.69, 9.17) is 0 Å². The number of aryl methyl sites for hydroxylation is 2. The van der Waals surface area contributed by atoms with E-state index in [1.807, 2.05) is 38.1 Å². The van der Waals surface area contributed by atoms with Gasteiger partial charge in [0.25, 0.3) is 10.0 Å². The average molecular weight is 455 g/mol. The number of amides is 1. The summed E-state index contributed by atoms with van der Waals surface area (Å²) in [5, 5.41) is 2.86. The highest BCUT2D eigenvalue weighted by molar-refractivity contribution is 7.92. The molecule has 5 nitrogen and oxygen atoms in total. The summed E-state index contributed by atoms with van der Waals surface area (Å²) in [6.07, 6.45) is 0.921. The lowest BCUT2D eigenvalue weighted by atomic mass is 10.1. The van der Waals surface area contributed by atoms with Crippen LogP contribution in [0.25, 0.3) is 0 Å². The minimum absolute atomic E-state index is 0.0587. The number of anilines is 1. The Morgan fingerprint density at radius 3 is 2.12 bits per heavy atom. The summed E-state index contributed by atoms with van der Waals surface area (Å²) in [4.78, 5) is 12.9. The van der Waals surface area contributed by atoms with Gasteiger partial charge in [-0.2, -0.15) is 0 Å². The molecule has 1 unspecified atom stereocenters. The summed E-state index contributed by atoms with van der Waals surface area (Å²) in [6, 6.07) is 19.0. The third kappa shape index (κ3) is 5.53. The second kappa shape index (κ2) is 9.96. The van der Waals surface area contributed by atoms with E-state index in [1.165, 1.54) is 42.0 Å². The van der Waals surface area contributed by atoms with Gasteiger partial charge in [0.1, 0.15) is 12.4 Å². The highest BCUT2D eigenvalue weighted by atomic mass is 32.2. The molecule has 0 saturated carbocycles. The molecule has 3 aromatic carbocycles. The Labute approximate surface area is 188 Å². The molecule has 0 aliphatic heterocycles. The summed E-state index contributed by atoms with van der Waals surface area (Å²) < 4.78 is 41.1. The Kier molecular flexibility index (Phi) is 7.30. The number of rotatable bonds is 8. The number of nitrogens with zero attached hydrogens (tertiary/aromatic N) is 1. The van der Waals surface area contributed by atoms with Gasteiger partial charge in [0.15, 0.2) is 0 Å². The molecule has 0 aromatic heterocycles. The van der Waals surface area contributed by atoms with Gasteiger partial charge in [0.2, 0.25) is 5.91 Å². The molecule has 32 heavy (non-hydrogen) atoms. The topological polar surface area (TPSA) is 66.5 Å². The number of hydrogen-bond donors (Lipinski definition) is 1. The van der Waals surface area contributed by atoms with Crippen molar-refractivity contribution >= 4 is 21.6 Å². The van der Waals surface area contributed by atoms with Gasteiger partial charge in [-0.25, -0.2) is 12.8 Å². The number of carbonyl (C=O) groups excluding carboxylic acids is 1. The van der Waals surface area contributed by atoms with Crippen LogP contribution in [0.3, 0.4) is 0 Å². The maximum Gasteiger partial charge on any atom is 0.264 e. The van der Waals surface area contributed by atoms with Gasteiger partial charge in [-0.15, -0.1) is 0 Å². The van der Waals surface area contributed by atoms with Gasteiger partial charge >= 0.3 is 0 Å². The molecule has 0 spiro atoms. The van der Waals surface area contributed by atoms with Crippen molar-refractivity contribution in [1.29, 1.82) is 0 Å². The van der Waals surface area contributed by atoms with Gasteiger partial charge in [0, 0.05) is 0 Å². The number of sulfonamides is 1. The van der Waals surface area contributed by atoms with E-state index in [0.29, 0.717) is 0 Å². The monoisotopic (exact) mass is 454 g/mol. The standard InChI is InChI=1S/C25H27FN2O3S/c1-4-20-7-9-21(10-8-20)19(3)27-25(29)17-28(23-13-11-22(26)12-14-23)32(30,31)24-15-5-18(2)6-16-24/h5-16,19H,4,17H2,1-3H3,(H,27,29). The van der Waals surface area contributed by atoms with E-state index in [9.17, 15) is 17.6 Å². The summed E-state index contributed by atoms with van der Waals surface area (Å²) in [5.74, 6) is -0.952. The second-order valence-corrected chi connectivity index (χ2v) is 9.55. The summed E-state index contributed by atoms with van der Waals surface area (Å²) in [6.45, 7) is 5.34. The van der Waals surface area contributed by atoms with Crippen LogP contribution in [0.15, 0.2) is 77.7 Å². The predicted octanol–water partition coefficient (Wildman–Crippen LogP) is 4.77. The first-order valence-electron chi connectivity index (χ1n) is 10.4. The first kappa shape index (κ1) is 23.5. The molecular formula is C25H27FN2O3S. The van der Waals surface area contributed by atoms with E-state index in [-0.39, 0.29) is 16.6 Å². The lowest BCUT2D eigenvalue weighted by molar-refractivity contribution is -0.120. The van der Waals surface area contributed by atoms with Gasteiger partial charge in [-0.3, -0.25) is 9.10 Å². The van der Waals surface area contributed by atoms with Crippen molar-refractivity contribution in [3.05, 3.63) is 95.3 Å². The van der Waals surface area contributed by atoms with Gasteiger partial charge in [-0.1, -0.05) is 48.9 Å². The Balaban J connectivity index is 1.85. The van der Waals surface area contributed by atoms with Crippen LogP contribution < -0.4 is 9.62 Å². The van der Waals surface area contributed by atoms with E-state index >= 15 is 0 Å². The van der Waals surface area contributed by atoms with Crippen LogP contribution in [0.1, 0.15) is 36.6 Å². The zero-order valence-corrected chi connectivity index (χ0v) is 19.2. The minimum atomic E-state index is -4.04. The van der Waals surface area contributed by atoms with Crippen molar-refractivity contribution in [3.63, 3.8) is 0 Å². The van der Waals surface area contributed by atoms with E-state index in [0.717, 1.165) is 21.9 Å².